The van der Waals surface area contributed by atoms with Crippen molar-refractivity contribution in [2.24, 2.45) is 0 Å². The molecule has 1 aromatic carbocycles. The molecule has 0 spiro atoms. The molecular weight excluding hydrogens is 370 g/mol. The predicted octanol–water partition coefficient (Wildman–Crippen LogP) is 2.37. The van der Waals surface area contributed by atoms with E-state index in [9.17, 15) is 9.59 Å². The van der Waals surface area contributed by atoms with Gasteiger partial charge in [-0.1, -0.05) is 6.07 Å². The Kier molecular flexibility index (Phi) is 5.22. The van der Waals surface area contributed by atoms with E-state index in [0.717, 1.165) is 12.8 Å². The summed E-state index contributed by atoms with van der Waals surface area (Å²) in [6, 6.07) is 13.8. The fraction of sp³-hybridized carbons (Fsp3) is 0.238. The van der Waals surface area contributed by atoms with E-state index >= 15 is 0 Å². The van der Waals surface area contributed by atoms with Crippen LogP contribution in [0.3, 0.4) is 0 Å². The highest BCUT2D eigenvalue weighted by molar-refractivity contribution is 6.08. The van der Waals surface area contributed by atoms with Gasteiger partial charge in [-0.2, -0.15) is 5.26 Å². The van der Waals surface area contributed by atoms with Crippen molar-refractivity contribution < 1.29 is 14.3 Å². The monoisotopic (exact) mass is 389 g/mol. The molecule has 1 unspecified atom stereocenters. The maximum absolute atomic E-state index is 12.8. The number of ether oxygens (including phenoxy) is 1. The first-order chi connectivity index (χ1) is 14.2. The number of nitrogens with zero attached hydrogens (tertiary/aromatic N) is 3. The summed E-state index contributed by atoms with van der Waals surface area (Å²) in [5.41, 5.74) is 1.72. The average molecular weight is 389 g/mol. The maximum atomic E-state index is 12.8. The molecule has 4 rings (SSSR count). The largest absolute Gasteiger partial charge is 0.376 e. The van der Waals surface area contributed by atoms with Gasteiger partial charge >= 0.3 is 0 Å². The summed E-state index contributed by atoms with van der Waals surface area (Å²) in [5, 5.41) is 14.5. The van der Waals surface area contributed by atoms with Crippen LogP contribution in [0.5, 0.6) is 0 Å². The molecule has 0 aliphatic carbocycles. The normalized spacial score (nSPS) is 15.8. The summed E-state index contributed by atoms with van der Waals surface area (Å²) < 4.78 is 7.12. The Morgan fingerprint density at radius 1 is 1.21 bits per heavy atom. The molecule has 0 saturated carbocycles. The van der Waals surface area contributed by atoms with E-state index < -0.39 is 5.91 Å². The Hall–Kier alpha value is -3.70. The molecule has 1 aliphatic heterocycles. The van der Waals surface area contributed by atoms with Crippen molar-refractivity contribution in [2.75, 3.05) is 18.5 Å². The first-order valence-corrected chi connectivity index (χ1v) is 9.34. The fourth-order valence-corrected chi connectivity index (χ4v) is 3.27. The summed E-state index contributed by atoms with van der Waals surface area (Å²) in [4.78, 5) is 29.8. The van der Waals surface area contributed by atoms with Crippen molar-refractivity contribution in [2.45, 2.75) is 18.9 Å². The van der Waals surface area contributed by atoms with Gasteiger partial charge in [-0.05, 0) is 49.2 Å². The van der Waals surface area contributed by atoms with Crippen LogP contribution in [0, 0.1) is 11.3 Å². The third kappa shape index (κ3) is 3.95. The summed E-state index contributed by atoms with van der Waals surface area (Å²) in [6.07, 6.45) is 3.62. The van der Waals surface area contributed by atoms with Crippen LogP contribution in [-0.4, -0.2) is 40.5 Å². The zero-order chi connectivity index (χ0) is 20.2. The lowest BCUT2D eigenvalue weighted by Gasteiger charge is -2.10. The quantitative estimate of drug-likeness (QED) is 0.696. The first kappa shape index (κ1) is 18.7. The van der Waals surface area contributed by atoms with Crippen molar-refractivity contribution in [1.82, 2.24) is 14.7 Å². The third-order valence-corrected chi connectivity index (χ3v) is 4.75. The highest BCUT2D eigenvalue weighted by Gasteiger charge is 2.23. The minimum Gasteiger partial charge on any atom is -0.376 e. The standard InChI is InChI=1S/C21H19N5O3/c22-12-14-6-8-15(9-7-14)24-20(27)18-17-5-1-2-10-26(17)19(25-18)21(28)23-13-16-4-3-11-29-16/h1-2,5-10,16H,3-4,11,13H2,(H,23,28)(H,24,27). The lowest BCUT2D eigenvalue weighted by molar-refractivity contribution is 0.0848. The molecule has 2 N–H and O–H groups in total. The van der Waals surface area contributed by atoms with Gasteiger partial charge in [0.2, 0.25) is 5.82 Å². The van der Waals surface area contributed by atoms with Gasteiger partial charge in [0.25, 0.3) is 11.8 Å². The van der Waals surface area contributed by atoms with Gasteiger partial charge in [0.1, 0.15) is 0 Å². The zero-order valence-corrected chi connectivity index (χ0v) is 15.6. The summed E-state index contributed by atoms with van der Waals surface area (Å²) in [7, 11) is 0. The van der Waals surface area contributed by atoms with Crippen LogP contribution in [0.25, 0.3) is 5.52 Å². The van der Waals surface area contributed by atoms with Crippen molar-refractivity contribution in [1.29, 1.82) is 5.26 Å². The Bertz CT molecular complexity index is 1090. The highest BCUT2D eigenvalue weighted by atomic mass is 16.5. The number of imidazole rings is 1. The second-order valence-corrected chi connectivity index (χ2v) is 6.73. The van der Waals surface area contributed by atoms with Crippen LogP contribution in [-0.2, 0) is 4.74 Å². The van der Waals surface area contributed by atoms with Crippen LogP contribution in [0.4, 0.5) is 5.69 Å². The SMILES string of the molecule is N#Cc1ccc(NC(=O)c2nc(C(=O)NCC3CCCO3)n3ccccc23)cc1. The maximum Gasteiger partial charge on any atom is 0.287 e. The zero-order valence-electron chi connectivity index (χ0n) is 15.6. The number of amides is 2. The van der Waals surface area contributed by atoms with E-state index in [0.29, 0.717) is 29.9 Å². The van der Waals surface area contributed by atoms with Crippen molar-refractivity contribution >= 4 is 23.0 Å². The highest BCUT2D eigenvalue weighted by Crippen LogP contribution is 2.17. The Labute approximate surface area is 167 Å². The van der Waals surface area contributed by atoms with Gasteiger partial charge in [-0.15, -0.1) is 0 Å². The molecule has 1 aliphatic rings. The molecule has 1 atom stereocenters. The van der Waals surface area contributed by atoms with Gasteiger partial charge in [-0.25, -0.2) is 4.98 Å². The number of anilines is 1. The lowest BCUT2D eigenvalue weighted by Crippen LogP contribution is -2.33. The lowest BCUT2D eigenvalue weighted by atomic mass is 10.2. The molecule has 8 nitrogen and oxygen atoms in total. The van der Waals surface area contributed by atoms with E-state index in [4.69, 9.17) is 10.00 Å². The summed E-state index contributed by atoms with van der Waals surface area (Å²) in [6.45, 7) is 1.12. The van der Waals surface area contributed by atoms with Crippen molar-refractivity contribution in [3.05, 3.63) is 65.7 Å². The molecule has 2 amide bonds. The number of carbonyl (C=O) groups excluding carboxylic acids is 2. The van der Waals surface area contributed by atoms with E-state index in [1.165, 1.54) is 0 Å². The van der Waals surface area contributed by atoms with Crippen molar-refractivity contribution in [3.8, 4) is 6.07 Å². The Balaban J connectivity index is 1.56. The van der Waals surface area contributed by atoms with E-state index in [-0.39, 0.29) is 23.5 Å². The van der Waals surface area contributed by atoms with Crippen LogP contribution in [0.15, 0.2) is 48.7 Å². The molecule has 3 heterocycles. The number of carbonyl (C=O) groups is 2. The van der Waals surface area contributed by atoms with E-state index in [1.54, 1.807) is 53.1 Å². The molecule has 0 bridgehead atoms. The second-order valence-electron chi connectivity index (χ2n) is 6.73. The number of hydrogen-bond donors (Lipinski definition) is 2. The van der Waals surface area contributed by atoms with Crippen LogP contribution >= 0.6 is 0 Å². The molecule has 8 heteroatoms. The Morgan fingerprint density at radius 3 is 2.76 bits per heavy atom. The molecule has 1 fully saturated rings. The number of nitriles is 1. The van der Waals surface area contributed by atoms with Crippen LogP contribution in [0.1, 0.15) is 39.5 Å². The van der Waals surface area contributed by atoms with Gasteiger partial charge in [0.05, 0.1) is 23.3 Å². The minimum atomic E-state index is -0.434. The predicted molar refractivity (Wildman–Crippen MR) is 106 cm³/mol. The molecule has 2 aromatic heterocycles. The second kappa shape index (κ2) is 8.12. The Morgan fingerprint density at radius 2 is 2.03 bits per heavy atom. The molecular formula is C21H19N5O3. The molecule has 0 radical (unpaired) electrons. The number of aromatic nitrogens is 2. The van der Waals surface area contributed by atoms with E-state index in [1.807, 2.05) is 6.07 Å². The number of fused-ring (bicyclic) bond motifs is 1. The molecule has 1 saturated heterocycles. The van der Waals surface area contributed by atoms with Gasteiger partial charge in [0.15, 0.2) is 5.69 Å². The number of benzene rings is 1. The average Bonchev–Trinajstić information content (AvgIpc) is 3.40. The van der Waals surface area contributed by atoms with Crippen LogP contribution in [0.2, 0.25) is 0 Å². The number of nitrogens with one attached hydrogen (secondary N) is 2. The minimum absolute atomic E-state index is 0.0179. The topological polar surface area (TPSA) is 109 Å². The number of rotatable bonds is 5. The number of pyridine rings is 1. The molecule has 29 heavy (non-hydrogen) atoms. The molecule has 146 valence electrons. The van der Waals surface area contributed by atoms with Crippen LogP contribution < -0.4 is 10.6 Å². The number of hydrogen-bond acceptors (Lipinski definition) is 5. The van der Waals surface area contributed by atoms with Crippen molar-refractivity contribution in [3.63, 3.8) is 0 Å². The summed E-state index contributed by atoms with van der Waals surface area (Å²) in [5.74, 6) is -0.653. The smallest absolute Gasteiger partial charge is 0.287 e. The fourth-order valence-electron chi connectivity index (χ4n) is 3.27. The molecule has 3 aromatic rings. The van der Waals surface area contributed by atoms with Gasteiger partial charge in [-0.3, -0.25) is 14.0 Å². The summed E-state index contributed by atoms with van der Waals surface area (Å²) >= 11 is 0. The third-order valence-electron chi connectivity index (χ3n) is 4.75. The van der Waals surface area contributed by atoms with Gasteiger partial charge in [0, 0.05) is 25.0 Å². The first-order valence-electron chi connectivity index (χ1n) is 9.34. The van der Waals surface area contributed by atoms with E-state index in [2.05, 4.69) is 15.6 Å². The van der Waals surface area contributed by atoms with Gasteiger partial charge < -0.3 is 15.4 Å².